The Morgan fingerprint density at radius 1 is 1.03 bits per heavy atom. The molecule has 2 aromatic carbocycles. The Kier molecular flexibility index (Phi) is 12.9. The van der Waals surface area contributed by atoms with Crippen LogP contribution < -0.4 is 20.1 Å². The molecule has 2 rings (SSSR count). The van der Waals surface area contributed by atoms with Crippen LogP contribution in [0.5, 0.6) is 11.5 Å². The number of nitrogens with zero attached hydrogens (tertiary/aromatic N) is 1. The van der Waals surface area contributed by atoms with Gasteiger partial charge in [0.25, 0.3) is 0 Å². The van der Waals surface area contributed by atoms with Gasteiger partial charge in [-0.3, -0.25) is 4.99 Å². The number of halogens is 1. The Labute approximate surface area is 195 Å². The van der Waals surface area contributed by atoms with Crippen LogP contribution in [0, 0.1) is 0 Å². The maximum Gasteiger partial charge on any atom is 0.191 e. The van der Waals surface area contributed by atoms with Crippen molar-refractivity contribution in [1.82, 2.24) is 10.6 Å². The van der Waals surface area contributed by atoms with E-state index in [1.54, 1.807) is 32.4 Å². The first-order valence-corrected chi connectivity index (χ1v) is 9.71. The molecule has 0 aliphatic heterocycles. The third kappa shape index (κ3) is 9.19. The minimum absolute atomic E-state index is 0. The third-order valence-electron chi connectivity index (χ3n) is 4.18. The Bertz CT molecular complexity index is 737. The highest BCUT2D eigenvalue weighted by Crippen LogP contribution is 2.26. The van der Waals surface area contributed by atoms with E-state index in [4.69, 9.17) is 14.2 Å². The van der Waals surface area contributed by atoms with E-state index in [1.807, 2.05) is 37.3 Å². The summed E-state index contributed by atoms with van der Waals surface area (Å²) in [5.74, 6) is 1.88. The van der Waals surface area contributed by atoms with E-state index in [1.165, 1.54) is 0 Å². The summed E-state index contributed by atoms with van der Waals surface area (Å²) in [6.45, 7) is 4.66. The highest BCUT2D eigenvalue weighted by molar-refractivity contribution is 14.0. The summed E-state index contributed by atoms with van der Waals surface area (Å²) in [5, 5.41) is 16.9. The third-order valence-corrected chi connectivity index (χ3v) is 4.18. The normalized spacial score (nSPS) is 11.9. The van der Waals surface area contributed by atoms with E-state index in [9.17, 15) is 5.11 Å². The van der Waals surface area contributed by atoms with Gasteiger partial charge >= 0.3 is 0 Å². The second-order valence-corrected chi connectivity index (χ2v) is 6.35. The molecule has 0 radical (unpaired) electrons. The molecule has 0 spiro atoms. The minimum Gasteiger partial charge on any atom is -0.497 e. The lowest BCUT2D eigenvalue weighted by Crippen LogP contribution is -2.39. The molecular weight excluding hydrogens is 497 g/mol. The van der Waals surface area contributed by atoms with Crippen LogP contribution in [0.2, 0.25) is 0 Å². The smallest absolute Gasteiger partial charge is 0.191 e. The Morgan fingerprint density at radius 2 is 1.70 bits per heavy atom. The average molecular weight is 529 g/mol. The Hall–Kier alpha value is -2.04. The van der Waals surface area contributed by atoms with Gasteiger partial charge in [0.2, 0.25) is 0 Å². The molecule has 7 nitrogen and oxygen atoms in total. The number of aliphatic imine (C=N–C) groups is 1. The predicted octanol–water partition coefficient (Wildman–Crippen LogP) is 3.13. The topological polar surface area (TPSA) is 84.3 Å². The summed E-state index contributed by atoms with van der Waals surface area (Å²) >= 11 is 0. The summed E-state index contributed by atoms with van der Waals surface area (Å²) < 4.78 is 16.2. The molecule has 0 aromatic heterocycles. The summed E-state index contributed by atoms with van der Waals surface area (Å²) in [6.07, 6.45) is -0.774. The number of nitrogens with one attached hydrogen (secondary N) is 2. The summed E-state index contributed by atoms with van der Waals surface area (Å²) in [5.41, 5.74) is 1.83. The van der Waals surface area contributed by atoms with Gasteiger partial charge in [-0.1, -0.05) is 30.3 Å². The fourth-order valence-corrected chi connectivity index (χ4v) is 2.65. The van der Waals surface area contributed by atoms with Gasteiger partial charge in [-0.15, -0.1) is 24.0 Å². The summed E-state index contributed by atoms with van der Waals surface area (Å²) in [7, 11) is 3.16. The van der Waals surface area contributed by atoms with Crippen LogP contribution in [0.4, 0.5) is 0 Å². The lowest BCUT2D eigenvalue weighted by molar-refractivity contribution is 0.125. The number of ether oxygens (including phenoxy) is 3. The first kappa shape index (κ1) is 26.0. The van der Waals surface area contributed by atoms with E-state index in [0.29, 0.717) is 42.8 Å². The fourth-order valence-electron chi connectivity index (χ4n) is 2.65. The maximum atomic E-state index is 10.5. The molecule has 0 aliphatic carbocycles. The number of hydrogen-bond donors (Lipinski definition) is 3. The fraction of sp³-hybridized carbons (Fsp3) is 0.409. The first-order chi connectivity index (χ1) is 14.2. The summed E-state index contributed by atoms with van der Waals surface area (Å²) in [4.78, 5) is 4.46. The van der Waals surface area contributed by atoms with E-state index < -0.39 is 6.10 Å². The average Bonchev–Trinajstić information content (AvgIpc) is 2.77. The van der Waals surface area contributed by atoms with Crippen molar-refractivity contribution in [3.8, 4) is 11.5 Å². The van der Waals surface area contributed by atoms with Crippen molar-refractivity contribution in [2.24, 2.45) is 4.99 Å². The predicted molar refractivity (Wildman–Crippen MR) is 130 cm³/mol. The molecule has 0 fully saturated rings. The molecule has 3 N–H and O–H groups in total. The van der Waals surface area contributed by atoms with Crippen molar-refractivity contribution in [3.05, 3.63) is 59.7 Å². The zero-order chi connectivity index (χ0) is 20.9. The number of benzene rings is 2. The number of guanidine groups is 1. The van der Waals surface area contributed by atoms with Gasteiger partial charge in [-0.25, -0.2) is 0 Å². The number of aliphatic hydroxyl groups is 1. The second-order valence-electron chi connectivity index (χ2n) is 6.35. The molecule has 0 aliphatic rings. The molecule has 30 heavy (non-hydrogen) atoms. The lowest BCUT2D eigenvalue weighted by Gasteiger charge is -2.15. The molecule has 1 unspecified atom stereocenters. The molecule has 1 atom stereocenters. The lowest BCUT2D eigenvalue weighted by atomic mass is 10.1. The minimum atomic E-state index is -0.774. The molecule has 0 bridgehead atoms. The van der Waals surface area contributed by atoms with Crippen LogP contribution >= 0.6 is 24.0 Å². The van der Waals surface area contributed by atoms with Gasteiger partial charge in [0.05, 0.1) is 40.1 Å². The molecule has 0 saturated heterocycles. The van der Waals surface area contributed by atoms with Gasteiger partial charge in [0.15, 0.2) is 5.96 Å². The molecule has 8 heteroatoms. The quantitative estimate of drug-likeness (QED) is 0.180. The zero-order valence-electron chi connectivity index (χ0n) is 17.8. The van der Waals surface area contributed by atoms with E-state index in [-0.39, 0.29) is 30.5 Å². The Balaban J connectivity index is 0.00000450. The molecule has 166 valence electrons. The molecule has 0 heterocycles. The Morgan fingerprint density at radius 3 is 2.30 bits per heavy atom. The van der Waals surface area contributed by atoms with Crippen molar-refractivity contribution in [1.29, 1.82) is 0 Å². The van der Waals surface area contributed by atoms with Crippen molar-refractivity contribution in [2.75, 3.05) is 40.5 Å². The number of aliphatic hydroxyl groups excluding tert-OH is 1. The van der Waals surface area contributed by atoms with E-state index in [2.05, 4.69) is 15.6 Å². The van der Waals surface area contributed by atoms with Gasteiger partial charge in [-0.05, 0) is 30.2 Å². The highest BCUT2D eigenvalue weighted by Gasteiger charge is 2.11. The number of methoxy groups -OCH3 is 2. The second kappa shape index (κ2) is 14.9. The van der Waals surface area contributed by atoms with E-state index in [0.717, 1.165) is 12.1 Å². The van der Waals surface area contributed by atoms with Crippen LogP contribution in [0.1, 0.15) is 24.2 Å². The van der Waals surface area contributed by atoms with Crippen molar-refractivity contribution >= 4 is 29.9 Å². The monoisotopic (exact) mass is 529 g/mol. The number of rotatable bonds is 11. The van der Waals surface area contributed by atoms with Crippen molar-refractivity contribution in [3.63, 3.8) is 0 Å². The molecule has 2 aromatic rings. The number of hydrogen-bond acceptors (Lipinski definition) is 5. The highest BCUT2D eigenvalue weighted by atomic mass is 127. The SMILES string of the molecule is CCNC(=NCC(O)c1cc(OC)cc(OC)c1)NCCOCc1ccccc1.I. The van der Waals surface area contributed by atoms with Gasteiger partial charge in [-0.2, -0.15) is 0 Å². The maximum absolute atomic E-state index is 10.5. The van der Waals surface area contributed by atoms with Gasteiger partial charge in [0.1, 0.15) is 11.5 Å². The van der Waals surface area contributed by atoms with Crippen LogP contribution in [-0.4, -0.2) is 51.5 Å². The largest absolute Gasteiger partial charge is 0.497 e. The molecule has 0 saturated carbocycles. The van der Waals surface area contributed by atoms with Crippen molar-refractivity contribution in [2.45, 2.75) is 19.6 Å². The van der Waals surface area contributed by atoms with Gasteiger partial charge in [0, 0.05) is 19.2 Å². The van der Waals surface area contributed by atoms with Crippen LogP contribution in [0.3, 0.4) is 0 Å². The molecule has 0 amide bonds. The van der Waals surface area contributed by atoms with Gasteiger partial charge < -0.3 is 30.0 Å². The van der Waals surface area contributed by atoms with Crippen LogP contribution in [0.15, 0.2) is 53.5 Å². The van der Waals surface area contributed by atoms with Crippen LogP contribution in [-0.2, 0) is 11.3 Å². The van der Waals surface area contributed by atoms with Crippen molar-refractivity contribution < 1.29 is 19.3 Å². The first-order valence-electron chi connectivity index (χ1n) is 9.71. The van der Waals surface area contributed by atoms with Crippen LogP contribution in [0.25, 0.3) is 0 Å². The standard InChI is InChI=1S/C22H31N3O4.HI/c1-4-23-22(24-10-11-29-16-17-8-6-5-7-9-17)25-15-21(26)18-12-19(27-2)14-20(13-18)28-3;/h5-9,12-14,21,26H,4,10-11,15-16H2,1-3H3,(H2,23,24,25);1H. The van der Waals surface area contributed by atoms with E-state index >= 15 is 0 Å². The zero-order valence-corrected chi connectivity index (χ0v) is 20.1. The molecular formula is C22H32IN3O4. The summed E-state index contributed by atoms with van der Waals surface area (Å²) in [6, 6.07) is 15.4.